The van der Waals surface area contributed by atoms with Gasteiger partial charge >= 0.3 is 6.18 Å². The number of amides is 1. The third kappa shape index (κ3) is 4.62. The fourth-order valence-electron chi connectivity index (χ4n) is 1.78. The molecule has 1 N–H and O–H groups in total. The Kier molecular flexibility index (Phi) is 5.60. The maximum atomic E-state index is 12.7. The SMILES string of the molecule is CC(C)(C(=O)Nc1cccc(C(F)(F)F)n1)[S+]([O-])c1ccc(Cl)nc1. The van der Waals surface area contributed by atoms with Gasteiger partial charge in [0.1, 0.15) is 16.7 Å². The van der Waals surface area contributed by atoms with Crippen molar-refractivity contribution in [2.45, 2.75) is 29.7 Å². The Hall–Kier alpha value is -1.84. The van der Waals surface area contributed by atoms with Gasteiger partial charge in [-0.3, -0.25) is 4.79 Å². The first-order chi connectivity index (χ1) is 11.5. The lowest BCUT2D eigenvalue weighted by Crippen LogP contribution is -2.44. The van der Waals surface area contributed by atoms with Crippen molar-refractivity contribution < 1.29 is 22.5 Å². The van der Waals surface area contributed by atoms with Gasteiger partial charge in [-0.15, -0.1) is 0 Å². The van der Waals surface area contributed by atoms with Crippen LogP contribution in [0.2, 0.25) is 5.15 Å². The van der Waals surface area contributed by atoms with Crippen molar-refractivity contribution in [3.63, 3.8) is 0 Å². The number of anilines is 1. The molecule has 10 heteroatoms. The molecular formula is C15H13ClF3N3O2S. The van der Waals surface area contributed by atoms with Crippen LogP contribution in [-0.2, 0) is 22.1 Å². The number of halogens is 4. The van der Waals surface area contributed by atoms with Gasteiger partial charge in [0.05, 0.1) is 6.20 Å². The average Bonchev–Trinajstić information content (AvgIpc) is 2.54. The van der Waals surface area contributed by atoms with Gasteiger partial charge in [0.2, 0.25) is 4.75 Å². The highest BCUT2D eigenvalue weighted by Crippen LogP contribution is 2.29. The smallest absolute Gasteiger partial charge is 0.433 e. The summed E-state index contributed by atoms with van der Waals surface area (Å²) in [5.74, 6) is -1.02. The Bertz CT molecular complexity index is 769. The van der Waals surface area contributed by atoms with Gasteiger partial charge in [-0.1, -0.05) is 17.7 Å². The zero-order valence-corrected chi connectivity index (χ0v) is 14.7. The lowest BCUT2D eigenvalue weighted by molar-refractivity contribution is -0.141. The Balaban J connectivity index is 2.20. The molecule has 0 saturated carbocycles. The second-order valence-electron chi connectivity index (χ2n) is 5.46. The summed E-state index contributed by atoms with van der Waals surface area (Å²) in [5, 5.41) is 2.47. The molecule has 25 heavy (non-hydrogen) atoms. The van der Waals surface area contributed by atoms with Gasteiger partial charge in [0.25, 0.3) is 5.91 Å². The third-order valence-corrected chi connectivity index (χ3v) is 5.21. The molecule has 0 bridgehead atoms. The fourth-order valence-corrected chi connectivity index (χ4v) is 3.04. The van der Waals surface area contributed by atoms with E-state index >= 15 is 0 Å². The van der Waals surface area contributed by atoms with Crippen molar-refractivity contribution in [1.29, 1.82) is 0 Å². The van der Waals surface area contributed by atoms with E-state index in [1.807, 2.05) is 0 Å². The Morgan fingerprint density at radius 3 is 2.48 bits per heavy atom. The number of alkyl halides is 3. The van der Waals surface area contributed by atoms with Gasteiger partial charge in [-0.25, -0.2) is 9.97 Å². The van der Waals surface area contributed by atoms with Crippen molar-refractivity contribution in [3.8, 4) is 0 Å². The van der Waals surface area contributed by atoms with Crippen molar-refractivity contribution in [3.05, 3.63) is 47.4 Å². The van der Waals surface area contributed by atoms with Crippen LogP contribution in [0.5, 0.6) is 0 Å². The maximum absolute atomic E-state index is 12.7. The molecule has 1 atom stereocenters. The molecule has 0 saturated heterocycles. The number of pyridine rings is 2. The fraction of sp³-hybridized carbons (Fsp3) is 0.267. The first-order valence-corrected chi connectivity index (χ1v) is 8.44. The van der Waals surface area contributed by atoms with Crippen LogP contribution in [0, 0.1) is 0 Å². The quantitative estimate of drug-likeness (QED) is 0.637. The molecule has 1 amide bonds. The molecule has 0 radical (unpaired) electrons. The monoisotopic (exact) mass is 391 g/mol. The van der Waals surface area contributed by atoms with Crippen LogP contribution in [0.3, 0.4) is 0 Å². The van der Waals surface area contributed by atoms with E-state index in [1.165, 1.54) is 38.2 Å². The van der Waals surface area contributed by atoms with Crippen LogP contribution < -0.4 is 5.32 Å². The van der Waals surface area contributed by atoms with E-state index < -0.39 is 33.7 Å². The van der Waals surface area contributed by atoms with Crippen molar-refractivity contribution in [1.82, 2.24) is 9.97 Å². The molecule has 2 aromatic rings. The molecule has 0 spiro atoms. The topological polar surface area (TPSA) is 77.9 Å². The number of rotatable bonds is 4. The summed E-state index contributed by atoms with van der Waals surface area (Å²) in [4.78, 5) is 19.8. The molecule has 0 aromatic carbocycles. The summed E-state index contributed by atoms with van der Waals surface area (Å²) in [6, 6.07) is 6.02. The minimum atomic E-state index is -4.63. The Morgan fingerprint density at radius 1 is 1.24 bits per heavy atom. The molecule has 0 fully saturated rings. The molecule has 2 rings (SSSR count). The van der Waals surface area contributed by atoms with Gasteiger partial charge in [-0.05, 0) is 38.1 Å². The first kappa shape index (κ1) is 19.5. The van der Waals surface area contributed by atoms with Gasteiger partial charge in [0.15, 0.2) is 4.90 Å². The Morgan fingerprint density at radius 2 is 1.92 bits per heavy atom. The summed E-state index contributed by atoms with van der Waals surface area (Å²) in [5.41, 5.74) is -1.13. The number of nitrogens with zero attached hydrogens (tertiary/aromatic N) is 2. The molecule has 5 nitrogen and oxygen atoms in total. The van der Waals surface area contributed by atoms with Gasteiger partial charge < -0.3 is 9.87 Å². The first-order valence-electron chi connectivity index (χ1n) is 6.91. The molecule has 134 valence electrons. The molecule has 2 aromatic heterocycles. The van der Waals surface area contributed by atoms with Crippen LogP contribution in [0.25, 0.3) is 0 Å². The van der Waals surface area contributed by atoms with E-state index in [4.69, 9.17) is 11.6 Å². The summed E-state index contributed by atoms with van der Waals surface area (Å²) in [6.45, 7) is 2.81. The number of hydrogen-bond donors (Lipinski definition) is 1. The number of nitrogens with one attached hydrogen (secondary N) is 1. The maximum Gasteiger partial charge on any atom is 0.433 e. The lowest BCUT2D eigenvalue weighted by atomic mass is 10.2. The van der Waals surface area contributed by atoms with Crippen LogP contribution in [-0.4, -0.2) is 25.2 Å². The van der Waals surface area contributed by atoms with E-state index in [1.54, 1.807) is 0 Å². The predicted octanol–water partition coefficient (Wildman–Crippen LogP) is 3.67. The van der Waals surface area contributed by atoms with Crippen molar-refractivity contribution in [2.24, 2.45) is 0 Å². The highest BCUT2D eigenvalue weighted by Gasteiger charge is 2.42. The van der Waals surface area contributed by atoms with Crippen LogP contribution in [0.1, 0.15) is 19.5 Å². The van der Waals surface area contributed by atoms with E-state index in [0.717, 1.165) is 12.1 Å². The minimum Gasteiger partial charge on any atom is -0.611 e. The second-order valence-corrected chi connectivity index (χ2v) is 7.87. The van der Waals surface area contributed by atoms with Crippen molar-refractivity contribution >= 4 is 34.5 Å². The van der Waals surface area contributed by atoms with Crippen LogP contribution in [0.15, 0.2) is 41.4 Å². The highest BCUT2D eigenvalue weighted by molar-refractivity contribution is 7.93. The molecule has 2 heterocycles. The average molecular weight is 392 g/mol. The molecule has 0 aliphatic carbocycles. The normalized spacial score (nSPS) is 13.4. The van der Waals surface area contributed by atoms with Crippen LogP contribution in [0.4, 0.5) is 19.0 Å². The largest absolute Gasteiger partial charge is 0.611 e. The standard InChI is InChI=1S/C15H13ClF3N3O2S/c1-14(2,25(24)9-6-7-11(16)20-8-9)13(23)22-12-5-3-4-10(21-12)15(17,18)19/h3-8H,1-2H3,(H,21,22,23). The Labute approximate surface area is 149 Å². The lowest BCUT2D eigenvalue weighted by Gasteiger charge is -2.26. The van der Waals surface area contributed by atoms with Crippen LogP contribution >= 0.6 is 11.6 Å². The van der Waals surface area contributed by atoms with E-state index in [9.17, 15) is 22.5 Å². The second kappa shape index (κ2) is 7.19. The number of carbonyl (C=O) groups excluding carboxylic acids is 1. The molecule has 0 aliphatic rings. The van der Waals surface area contributed by atoms with E-state index in [-0.39, 0.29) is 15.9 Å². The third-order valence-electron chi connectivity index (χ3n) is 3.21. The zero-order valence-electron chi connectivity index (χ0n) is 13.1. The zero-order chi connectivity index (χ0) is 18.8. The number of aromatic nitrogens is 2. The molecule has 1 unspecified atom stereocenters. The minimum absolute atomic E-state index is 0.205. The molecular weight excluding hydrogens is 379 g/mol. The summed E-state index contributed by atoms with van der Waals surface area (Å²) < 4.78 is 49.2. The number of hydrogen-bond acceptors (Lipinski definition) is 4. The van der Waals surface area contributed by atoms with Gasteiger partial charge in [0, 0.05) is 11.2 Å². The number of carbonyl (C=O) groups is 1. The molecule has 0 aliphatic heterocycles. The summed E-state index contributed by atoms with van der Waals surface area (Å²) >= 11 is 3.85. The summed E-state index contributed by atoms with van der Waals surface area (Å²) in [6.07, 6.45) is -3.36. The predicted molar refractivity (Wildman–Crippen MR) is 87.6 cm³/mol. The highest BCUT2D eigenvalue weighted by atomic mass is 35.5. The summed E-state index contributed by atoms with van der Waals surface area (Å²) in [7, 11) is 0. The van der Waals surface area contributed by atoms with Crippen molar-refractivity contribution in [2.75, 3.05) is 5.32 Å². The van der Waals surface area contributed by atoms with Gasteiger partial charge in [-0.2, -0.15) is 13.2 Å². The van der Waals surface area contributed by atoms with E-state index in [0.29, 0.717) is 0 Å². The van der Waals surface area contributed by atoms with E-state index in [2.05, 4.69) is 15.3 Å².